The molecule has 0 fully saturated rings. The van der Waals surface area contributed by atoms with Crippen LogP contribution in [0.15, 0.2) is 153 Å². The Morgan fingerprint density at radius 3 is 1.33 bits per heavy atom. The van der Waals surface area contributed by atoms with Gasteiger partial charge in [-0.1, -0.05) is 104 Å². The van der Waals surface area contributed by atoms with Crippen molar-refractivity contribution in [1.29, 1.82) is 10.5 Å². The van der Waals surface area contributed by atoms with Gasteiger partial charge in [0.15, 0.2) is 13.2 Å². The topological polar surface area (TPSA) is 129 Å². The van der Waals surface area contributed by atoms with E-state index in [-0.39, 0.29) is 12.0 Å². The minimum atomic E-state index is -2.23. The maximum atomic E-state index is 10.7. The lowest BCUT2D eigenvalue weighted by Crippen LogP contribution is -2.48. The highest BCUT2D eigenvalue weighted by molar-refractivity contribution is 6.28. The van der Waals surface area contributed by atoms with Gasteiger partial charge in [-0.25, -0.2) is 0 Å². The summed E-state index contributed by atoms with van der Waals surface area (Å²) in [6, 6.07) is 45.9. The lowest BCUT2D eigenvalue weighted by molar-refractivity contribution is -0.892. The largest absolute Gasteiger partial charge is 0.871 e. The van der Waals surface area contributed by atoms with Gasteiger partial charge in [-0.05, 0) is 55.5 Å². The maximum absolute atomic E-state index is 10.7. The fraction of sp³-hybridized carbons (Fsp3) is 0.190. The lowest BCUT2D eigenvalue weighted by Gasteiger charge is -2.37. The monoisotopic (exact) mass is 694 g/mol. The Morgan fingerprint density at radius 2 is 1.00 bits per heavy atom. The fourth-order valence-corrected chi connectivity index (χ4v) is 5.56. The summed E-state index contributed by atoms with van der Waals surface area (Å²) >= 11 is 0. The van der Waals surface area contributed by atoms with Crippen molar-refractivity contribution in [3.8, 4) is 12.1 Å². The molecule has 0 aliphatic carbocycles. The first-order chi connectivity index (χ1) is 25.3. The predicted octanol–water partition coefficient (Wildman–Crippen LogP) is 4.44. The van der Waals surface area contributed by atoms with Gasteiger partial charge in [-0.3, -0.25) is 9.68 Å². The van der Waals surface area contributed by atoms with Crippen LogP contribution in [-0.4, -0.2) is 27.1 Å². The Balaban J connectivity index is 0.000000235. The average Bonchev–Trinajstić information content (AvgIpc) is 3.19. The van der Waals surface area contributed by atoms with Crippen LogP contribution in [0.5, 0.6) is 0 Å². The van der Waals surface area contributed by atoms with Crippen LogP contribution in [0.2, 0.25) is 0 Å². The molecule has 0 aliphatic rings. The van der Waals surface area contributed by atoms with Gasteiger partial charge in [0.05, 0.1) is 7.32 Å². The molecule has 52 heavy (non-hydrogen) atoms. The molecule has 10 heteroatoms. The number of allylic oxidation sites excluding steroid dienone is 2. The quantitative estimate of drug-likeness (QED) is 0.0553. The van der Waals surface area contributed by atoms with Crippen LogP contribution in [0.3, 0.4) is 0 Å². The molecule has 2 heterocycles. The van der Waals surface area contributed by atoms with Crippen LogP contribution < -0.4 is 29.2 Å². The third kappa shape index (κ3) is 11.5. The molecule has 0 saturated carbocycles. The first-order valence-corrected chi connectivity index (χ1v) is 16.9. The van der Waals surface area contributed by atoms with Crippen molar-refractivity contribution in [1.82, 2.24) is 0 Å². The zero-order chi connectivity index (χ0) is 37.6. The van der Waals surface area contributed by atoms with E-state index >= 15 is 0 Å². The Bertz CT molecular complexity index is 1740. The fourth-order valence-electron chi connectivity index (χ4n) is 5.56. The van der Waals surface area contributed by atoms with Crippen LogP contribution in [-0.2, 0) is 10.1 Å². The molecule has 5 aromatic rings. The molecular formula is C42H43BN4O5. The molecule has 0 bridgehead atoms. The van der Waals surface area contributed by atoms with Crippen LogP contribution in [0.4, 0.5) is 0 Å². The standard InChI is InChI=1S/C22H21BO3.2C10H11N2O/c24-23(25)26-18-10-17-22(19-11-4-1-5-12-19,20-13-6-2-7-14-20)21-15-8-3-9-16-21;2*1-3-13-12-7-5-4-6-10(12)9(2)8-11/h1-9,11-16H,10,17-18H2;2*4-7H,2-3H2,1H3/q-2;2*+1. The Hall–Kier alpha value is -6.04. The molecule has 0 spiro atoms. The number of pyridine rings is 2. The molecule has 0 amide bonds. The lowest BCUT2D eigenvalue weighted by atomic mass is 9.67. The SMILES string of the molecule is C=C(C#N)c1cccc[n+]1OCC.C=C(C#N)c1cccc[n+]1OCC.[O-]B([O-])OCCCC(c1ccccc1)(c1ccccc1)c1ccccc1. The summed E-state index contributed by atoms with van der Waals surface area (Å²) in [6.45, 7) is 12.3. The molecule has 0 radical (unpaired) electrons. The van der Waals surface area contributed by atoms with E-state index in [0.717, 1.165) is 6.42 Å². The number of nitriles is 2. The van der Waals surface area contributed by atoms with Crippen molar-refractivity contribution >= 4 is 18.5 Å². The second-order valence-electron chi connectivity index (χ2n) is 11.1. The normalized spacial score (nSPS) is 10.1. The molecular weight excluding hydrogens is 651 g/mol. The van der Waals surface area contributed by atoms with Crippen LogP contribution in [0, 0.1) is 22.7 Å². The number of rotatable bonds is 14. The van der Waals surface area contributed by atoms with Gasteiger partial charge >= 0.3 is 0 Å². The molecule has 9 nitrogen and oxygen atoms in total. The predicted molar refractivity (Wildman–Crippen MR) is 197 cm³/mol. The number of benzene rings is 3. The Labute approximate surface area is 307 Å². The summed E-state index contributed by atoms with van der Waals surface area (Å²) in [5, 5.41) is 38.7. The zero-order valence-electron chi connectivity index (χ0n) is 29.6. The molecule has 0 saturated heterocycles. The molecule has 0 unspecified atom stereocenters. The van der Waals surface area contributed by atoms with Gasteiger partial charge in [0.2, 0.25) is 12.4 Å². The molecule has 3 aromatic carbocycles. The van der Waals surface area contributed by atoms with Gasteiger partial charge in [0.25, 0.3) is 11.4 Å². The number of nitrogens with zero attached hydrogens (tertiary/aromatic N) is 4. The van der Waals surface area contributed by atoms with E-state index in [1.165, 1.54) is 16.7 Å². The van der Waals surface area contributed by atoms with Gasteiger partial charge in [0.1, 0.15) is 23.3 Å². The van der Waals surface area contributed by atoms with Crippen LogP contribution in [0.1, 0.15) is 54.8 Å². The number of hydrogen-bond donors (Lipinski definition) is 0. The highest BCUT2D eigenvalue weighted by Gasteiger charge is 2.35. The second-order valence-corrected chi connectivity index (χ2v) is 11.1. The maximum Gasteiger partial charge on any atom is 0.274 e. The van der Waals surface area contributed by atoms with Gasteiger partial charge < -0.3 is 14.7 Å². The van der Waals surface area contributed by atoms with Crippen molar-refractivity contribution < 1.29 is 33.8 Å². The minimum absolute atomic E-state index is 0.159. The summed E-state index contributed by atoms with van der Waals surface area (Å²) < 4.78 is 7.83. The van der Waals surface area contributed by atoms with E-state index in [1.807, 2.05) is 105 Å². The third-order valence-corrected chi connectivity index (χ3v) is 7.82. The molecule has 0 aliphatic heterocycles. The smallest absolute Gasteiger partial charge is 0.274 e. The van der Waals surface area contributed by atoms with E-state index in [9.17, 15) is 10.0 Å². The van der Waals surface area contributed by atoms with Gasteiger partial charge in [-0.15, -0.1) is 0 Å². The zero-order valence-corrected chi connectivity index (χ0v) is 29.6. The molecule has 2 aromatic heterocycles. The summed E-state index contributed by atoms with van der Waals surface area (Å²) in [6.07, 6.45) is 4.85. The van der Waals surface area contributed by atoms with E-state index in [4.69, 9.17) is 24.9 Å². The van der Waals surface area contributed by atoms with Gasteiger partial charge in [-0.2, -0.15) is 10.5 Å². The molecule has 5 rings (SSSR count). The summed E-state index contributed by atoms with van der Waals surface area (Å²) in [4.78, 5) is 10.5. The first kappa shape index (κ1) is 40.4. The van der Waals surface area contributed by atoms with E-state index in [1.54, 1.807) is 34.0 Å². The van der Waals surface area contributed by atoms with E-state index in [2.05, 4.69) is 49.6 Å². The number of hydrogen-bond acceptors (Lipinski definition) is 7. The van der Waals surface area contributed by atoms with E-state index < -0.39 is 7.32 Å². The number of aromatic nitrogens is 2. The third-order valence-electron chi connectivity index (χ3n) is 7.82. The van der Waals surface area contributed by atoms with E-state index in [0.29, 0.717) is 42.2 Å². The second kappa shape index (κ2) is 21.9. The van der Waals surface area contributed by atoms with Crippen LogP contribution >= 0.6 is 0 Å². The highest BCUT2D eigenvalue weighted by Crippen LogP contribution is 2.42. The summed E-state index contributed by atoms with van der Waals surface area (Å²) in [5.41, 5.74) is 5.34. The molecule has 264 valence electrons. The van der Waals surface area contributed by atoms with Crippen molar-refractivity contribution in [2.45, 2.75) is 32.1 Å². The Morgan fingerprint density at radius 1 is 0.635 bits per heavy atom. The van der Waals surface area contributed by atoms with Crippen molar-refractivity contribution in [2.75, 3.05) is 19.8 Å². The van der Waals surface area contributed by atoms with Crippen LogP contribution in [0.25, 0.3) is 11.1 Å². The minimum Gasteiger partial charge on any atom is -0.871 e. The summed E-state index contributed by atoms with van der Waals surface area (Å²) in [5.74, 6) is 0. The van der Waals surface area contributed by atoms with Crippen molar-refractivity contribution in [3.63, 3.8) is 0 Å². The van der Waals surface area contributed by atoms with Crippen molar-refractivity contribution in [3.05, 3.63) is 181 Å². The first-order valence-electron chi connectivity index (χ1n) is 16.9. The van der Waals surface area contributed by atoms with Gasteiger partial charge in [0, 0.05) is 45.7 Å². The Kier molecular flexibility index (Phi) is 17.0. The summed E-state index contributed by atoms with van der Waals surface area (Å²) in [7, 11) is -2.23. The highest BCUT2D eigenvalue weighted by atomic mass is 16.7. The molecule has 0 atom stereocenters. The van der Waals surface area contributed by atoms with Crippen molar-refractivity contribution in [2.24, 2.45) is 0 Å². The average molecular weight is 695 g/mol. The molecule has 0 N–H and O–H groups in total.